The van der Waals surface area contributed by atoms with Crippen LogP contribution in [0.1, 0.15) is 52.0 Å². The standard InChI is InChI=1S/C17H29N3/c1-14(2)12-18-13-16-8-9-19-17(11-16)20-10-6-4-5-7-15(20)3/h8-9,11,14-15,18H,4-7,10,12-13H2,1-3H3. The van der Waals surface area contributed by atoms with Crippen LogP contribution >= 0.6 is 0 Å². The van der Waals surface area contributed by atoms with Crippen LogP contribution in [0.2, 0.25) is 0 Å². The molecule has 0 aromatic carbocycles. The van der Waals surface area contributed by atoms with Crippen molar-refractivity contribution in [2.75, 3.05) is 18.0 Å². The first-order valence-electron chi connectivity index (χ1n) is 8.09. The molecular formula is C17H29N3. The van der Waals surface area contributed by atoms with E-state index in [1.165, 1.54) is 31.2 Å². The van der Waals surface area contributed by atoms with Crippen LogP contribution in [0.4, 0.5) is 5.82 Å². The van der Waals surface area contributed by atoms with E-state index in [1.54, 1.807) is 0 Å². The SMILES string of the molecule is CC(C)CNCc1ccnc(N2CCCCCC2C)c1. The van der Waals surface area contributed by atoms with Gasteiger partial charge in [-0.3, -0.25) is 0 Å². The molecule has 1 aliphatic heterocycles. The number of hydrogen-bond acceptors (Lipinski definition) is 3. The van der Waals surface area contributed by atoms with Gasteiger partial charge in [0, 0.05) is 25.3 Å². The topological polar surface area (TPSA) is 28.2 Å². The van der Waals surface area contributed by atoms with E-state index in [-0.39, 0.29) is 0 Å². The summed E-state index contributed by atoms with van der Waals surface area (Å²) < 4.78 is 0. The van der Waals surface area contributed by atoms with E-state index in [0.717, 1.165) is 25.5 Å². The summed E-state index contributed by atoms with van der Waals surface area (Å²) in [5, 5.41) is 3.51. The van der Waals surface area contributed by atoms with Crippen LogP contribution in [-0.4, -0.2) is 24.1 Å². The Kier molecular flexibility index (Phi) is 5.84. The van der Waals surface area contributed by atoms with Crippen LogP contribution < -0.4 is 10.2 Å². The van der Waals surface area contributed by atoms with Crippen LogP contribution in [-0.2, 0) is 6.54 Å². The van der Waals surface area contributed by atoms with Crippen LogP contribution in [0, 0.1) is 5.92 Å². The molecule has 1 saturated heterocycles. The number of aromatic nitrogens is 1. The molecule has 1 fully saturated rings. The fourth-order valence-electron chi connectivity index (χ4n) is 2.85. The zero-order chi connectivity index (χ0) is 14.4. The van der Waals surface area contributed by atoms with Gasteiger partial charge in [-0.05, 0) is 49.9 Å². The van der Waals surface area contributed by atoms with Gasteiger partial charge in [-0.2, -0.15) is 0 Å². The van der Waals surface area contributed by atoms with Gasteiger partial charge >= 0.3 is 0 Å². The van der Waals surface area contributed by atoms with E-state index >= 15 is 0 Å². The third-order valence-corrected chi connectivity index (χ3v) is 4.04. The predicted molar refractivity (Wildman–Crippen MR) is 86.1 cm³/mol. The molecule has 3 heteroatoms. The Morgan fingerprint density at radius 1 is 1.35 bits per heavy atom. The quantitative estimate of drug-likeness (QED) is 0.890. The average molecular weight is 275 g/mol. The maximum Gasteiger partial charge on any atom is 0.129 e. The van der Waals surface area contributed by atoms with Crippen molar-refractivity contribution in [3.63, 3.8) is 0 Å². The highest BCUT2D eigenvalue weighted by molar-refractivity contribution is 5.42. The Bertz CT molecular complexity index is 403. The molecule has 0 bridgehead atoms. The van der Waals surface area contributed by atoms with Crippen molar-refractivity contribution in [1.29, 1.82) is 0 Å². The van der Waals surface area contributed by atoms with E-state index < -0.39 is 0 Å². The van der Waals surface area contributed by atoms with Crippen LogP contribution in [0.3, 0.4) is 0 Å². The summed E-state index contributed by atoms with van der Waals surface area (Å²) in [6.07, 6.45) is 7.25. The molecule has 0 aliphatic carbocycles. The lowest BCUT2D eigenvalue weighted by Crippen LogP contribution is -2.33. The summed E-state index contributed by atoms with van der Waals surface area (Å²) in [4.78, 5) is 7.08. The van der Waals surface area contributed by atoms with E-state index in [1.807, 2.05) is 6.20 Å². The second-order valence-corrected chi connectivity index (χ2v) is 6.44. The molecule has 1 aromatic rings. The maximum atomic E-state index is 4.60. The summed E-state index contributed by atoms with van der Waals surface area (Å²) in [5.74, 6) is 1.85. The molecule has 20 heavy (non-hydrogen) atoms. The Labute approximate surface area is 123 Å². The zero-order valence-electron chi connectivity index (χ0n) is 13.2. The molecule has 0 spiro atoms. The minimum absolute atomic E-state index is 0.615. The summed E-state index contributed by atoms with van der Waals surface area (Å²) in [6, 6.07) is 5.00. The van der Waals surface area contributed by atoms with Crippen molar-refractivity contribution in [3.8, 4) is 0 Å². The molecule has 2 heterocycles. The van der Waals surface area contributed by atoms with Crippen molar-refractivity contribution in [1.82, 2.24) is 10.3 Å². The van der Waals surface area contributed by atoms with Gasteiger partial charge in [0.05, 0.1) is 0 Å². The molecule has 1 atom stereocenters. The number of rotatable bonds is 5. The lowest BCUT2D eigenvalue weighted by Gasteiger charge is -2.28. The largest absolute Gasteiger partial charge is 0.354 e. The second kappa shape index (κ2) is 7.63. The molecule has 0 radical (unpaired) electrons. The van der Waals surface area contributed by atoms with Gasteiger partial charge in [0.15, 0.2) is 0 Å². The molecule has 0 saturated carbocycles. The normalized spacial score (nSPS) is 20.2. The van der Waals surface area contributed by atoms with Crippen molar-refractivity contribution in [3.05, 3.63) is 23.9 Å². The molecule has 1 N–H and O–H groups in total. The zero-order valence-corrected chi connectivity index (χ0v) is 13.2. The molecule has 1 aliphatic rings. The Morgan fingerprint density at radius 3 is 3.00 bits per heavy atom. The van der Waals surface area contributed by atoms with Crippen molar-refractivity contribution in [2.24, 2.45) is 5.92 Å². The lowest BCUT2D eigenvalue weighted by molar-refractivity contribution is 0.552. The van der Waals surface area contributed by atoms with Gasteiger partial charge in [0.2, 0.25) is 0 Å². The van der Waals surface area contributed by atoms with E-state index in [0.29, 0.717) is 12.0 Å². The highest BCUT2D eigenvalue weighted by atomic mass is 15.2. The number of nitrogens with zero attached hydrogens (tertiary/aromatic N) is 2. The minimum Gasteiger partial charge on any atom is -0.354 e. The second-order valence-electron chi connectivity index (χ2n) is 6.44. The first-order valence-corrected chi connectivity index (χ1v) is 8.09. The first-order chi connectivity index (χ1) is 9.66. The molecule has 2 rings (SSSR count). The Hall–Kier alpha value is -1.09. The number of anilines is 1. The van der Waals surface area contributed by atoms with Gasteiger partial charge in [-0.25, -0.2) is 4.98 Å². The van der Waals surface area contributed by atoms with Crippen molar-refractivity contribution < 1.29 is 0 Å². The molecule has 1 aromatic heterocycles. The fourth-order valence-corrected chi connectivity index (χ4v) is 2.85. The molecule has 3 nitrogen and oxygen atoms in total. The minimum atomic E-state index is 0.615. The highest BCUT2D eigenvalue weighted by Gasteiger charge is 2.18. The monoisotopic (exact) mass is 275 g/mol. The van der Waals surface area contributed by atoms with Crippen molar-refractivity contribution >= 4 is 5.82 Å². The van der Waals surface area contributed by atoms with Gasteiger partial charge in [-0.1, -0.05) is 26.7 Å². The fraction of sp³-hybridized carbons (Fsp3) is 0.706. The third kappa shape index (κ3) is 4.48. The molecule has 1 unspecified atom stereocenters. The smallest absolute Gasteiger partial charge is 0.129 e. The molecule has 112 valence electrons. The van der Waals surface area contributed by atoms with E-state index in [2.05, 4.69) is 48.1 Å². The first kappa shape index (κ1) is 15.3. The Balaban J connectivity index is 2.00. The summed E-state index contributed by atoms with van der Waals surface area (Å²) >= 11 is 0. The summed E-state index contributed by atoms with van der Waals surface area (Å²) in [7, 11) is 0. The summed E-state index contributed by atoms with van der Waals surface area (Å²) in [6.45, 7) is 9.97. The van der Waals surface area contributed by atoms with Gasteiger partial charge < -0.3 is 10.2 Å². The van der Waals surface area contributed by atoms with Gasteiger partial charge in [0.1, 0.15) is 5.82 Å². The van der Waals surface area contributed by atoms with E-state index in [9.17, 15) is 0 Å². The lowest BCUT2D eigenvalue weighted by atomic mass is 10.1. The highest BCUT2D eigenvalue weighted by Crippen LogP contribution is 2.22. The van der Waals surface area contributed by atoms with Crippen LogP contribution in [0.15, 0.2) is 18.3 Å². The average Bonchev–Trinajstić information content (AvgIpc) is 2.63. The van der Waals surface area contributed by atoms with E-state index in [4.69, 9.17) is 0 Å². The third-order valence-electron chi connectivity index (χ3n) is 4.04. The van der Waals surface area contributed by atoms with Gasteiger partial charge in [-0.15, -0.1) is 0 Å². The van der Waals surface area contributed by atoms with Gasteiger partial charge in [0.25, 0.3) is 0 Å². The number of nitrogens with one attached hydrogen (secondary N) is 1. The number of hydrogen-bond donors (Lipinski definition) is 1. The molecular weight excluding hydrogens is 246 g/mol. The van der Waals surface area contributed by atoms with Crippen LogP contribution in [0.25, 0.3) is 0 Å². The molecule has 0 amide bonds. The Morgan fingerprint density at radius 2 is 2.20 bits per heavy atom. The number of pyridine rings is 1. The van der Waals surface area contributed by atoms with Crippen LogP contribution in [0.5, 0.6) is 0 Å². The van der Waals surface area contributed by atoms with Crippen molar-refractivity contribution in [2.45, 2.75) is 59.0 Å². The predicted octanol–water partition coefficient (Wildman–Crippen LogP) is 3.60. The summed E-state index contributed by atoms with van der Waals surface area (Å²) in [5.41, 5.74) is 1.34. The maximum absolute atomic E-state index is 4.60.